The summed E-state index contributed by atoms with van der Waals surface area (Å²) in [6, 6.07) is 12.8. The molecule has 3 nitrogen and oxygen atoms in total. The van der Waals surface area contributed by atoms with Crippen molar-refractivity contribution in [2.45, 2.75) is 18.9 Å². The normalized spacial score (nSPS) is 17.4. The van der Waals surface area contributed by atoms with E-state index in [2.05, 4.69) is 45.8 Å². The Kier molecular flexibility index (Phi) is 2.67. The second-order valence-corrected chi connectivity index (χ2v) is 5.69. The minimum atomic E-state index is 0.364. The molecule has 0 aliphatic heterocycles. The highest BCUT2D eigenvalue weighted by atomic mass is 35.5. The Labute approximate surface area is 122 Å². The predicted molar refractivity (Wildman–Crippen MR) is 82.2 cm³/mol. The van der Waals surface area contributed by atoms with Crippen LogP contribution in [0.15, 0.2) is 42.6 Å². The summed E-state index contributed by atoms with van der Waals surface area (Å²) in [4.78, 5) is 0. The number of rotatable bonds is 2. The lowest BCUT2D eigenvalue weighted by Crippen LogP contribution is -2.06. The van der Waals surface area contributed by atoms with Crippen LogP contribution in [0.5, 0.6) is 0 Å². The van der Waals surface area contributed by atoms with Gasteiger partial charge in [0.25, 0.3) is 0 Å². The maximum Gasteiger partial charge on any atom is 0.0670 e. The number of aromatic nitrogens is 2. The van der Waals surface area contributed by atoms with Crippen molar-refractivity contribution in [1.82, 2.24) is 10.2 Å². The van der Waals surface area contributed by atoms with Gasteiger partial charge in [0.2, 0.25) is 0 Å². The van der Waals surface area contributed by atoms with Gasteiger partial charge in [-0.1, -0.05) is 17.7 Å². The Morgan fingerprint density at radius 3 is 3.10 bits per heavy atom. The van der Waals surface area contributed by atoms with Gasteiger partial charge in [0.05, 0.1) is 17.8 Å². The van der Waals surface area contributed by atoms with Crippen LogP contribution in [0.3, 0.4) is 0 Å². The summed E-state index contributed by atoms with van der Waals surface area (Å²) in [5, 5.41) is 12.6. The zero-order chi connectivity index (χ0) is 13.5. The van der Waals surface area contributed by atoms with Crippen LogP contribution in [-0.2, 0) is 6.42 Å². The molecule has 0 saturated heterocycles. The van der Waals surface area contributed by atoms with E-state index >= 15 is 0 Å². The minimum Gasteiger partial charge on any atom is -0.378 e. The molecule has 4 heteroatoms. The Morgan fingerprint density at radius 1 is 1.20 bits per heavy atom. The molecule has 1 aliphatic carbocycles. The summed E-state index contributed by atoms with van der Waals surface area (Å²) in [5.74, 6) is 0. The zero-order valence-corrected chi connectivity index (χ0v) is 11.6. The number of fused-ring (bicyclic) bond motifs is 2. The van der Waals surface area contributed by atoms with Crippen LogP contribution in [0.1, 0.15) is 23.6 Å². The van der Waals surface area contributed by atoms with Gasteiger partial charge in [0.1, 0.15) is 0 Å². The Hall–Kier alpha value is -2.00. The number of nitrogens with one attached hydrogen (secondary N) is 2. The number of aryl methyl sites for hydroxylation is 1. The second kappa shape index (κ2) is 4.53. The van der Waals surface area contributed by atoms with E-state index < -0.39 is 0 Å². The second-order valence-electron chi connectivity index (χ2n) is 5.25. The molecule has 1 unspecified atom stereocenters. The highest BCUT2D eigenvalue weighted by Gasteiger charge is 2.22. The van der Waals surface area contributed by atoms with Crippen molar-refractivity contribution in [3.05, 3.63) is 58.7 Å². The largest absolute Gasteiger partial charge is 0.378 e. The molecule has 1 heterocycles. The van der Waals surface area contributed by atoms with E-state index in [0.717, 1.165) is 34.5 Å². The lowest BCUT2D eigenvalue weighted by Gasteiger charge is -2.15. The van der Waals surface area contributed by atoms with Crippen molar-refractivity contribution in [3.8, 4) is 0 Å². The van der Waals surface area contributed by atoms with Crippen molar-refractivity contribution < 1.29 is 0 Å². The van der Waals surface area contributed by atoms with Crippen molar-refractivity contribution >= 4 is 28.2 Å². The topological polar surface area (TPSA) is 40.7 Å². The first kappa shape index (κ1) is 11.8. The molecular formula is C16H14ClN3. The molecule has 0 saturated carbocycles. The van der Waals surface area contributed by atoms with E-state index in [1.807, 2.05) is 12.3 Å². The smallest absolute Gasteiger partial charge is 0.0670 e. The Bertz CT molecular complexity index is 778. The van der Waals surface area contributed by atoms with Gasteiger partial charge < -0.3 is 5.32 Å². The Balaban J connectivity index is 1.64. The molecule has 20 heavy (non-hydrogen) atoms. The number of hydrogen-bond donors (Lipinski definition) is 2. The fraction of sp³-hybridized carbons (Fsp3) is 0.188. The third kappa shape index (κ3) is 1.95. The molecule has 2 aromatic carbocycles. The summed E-state index contributed by atoms with van der Waals surface area (Å²) in [7, 11) is 0. The summed E-state index contributed by atoms with van der Waals surface area (Å²) in [6.07, 6.45) is 4.03. The van der Waals surface area contributed by atoms with Crippen LogP contribution in [-0.4, -0.2) is 10.2 Å². The van der Waals surface area contributed by atoms with E-state index in [1.54, 1.807) is 0 Å². The SMILES string of the molecule is Clc1ccc2c(c1)CCC2Nc1ccc2cn[nH]c2c1. The zero-order valence-electron chi connectivity index (χ0n) is 10.9. The van der Waals surface area contributed by atoms with E-state index in [0.29, 0.717) is 6.04 Å². The number of anilines is 1. The Morgan fingerprint density at radius 2 is 2.15 bits per heavy atom. The van der Waals surface area contributed by atoms with Crippen LogP contribution in [0.4, 0.5) is 5.69 Å². The fourth-order valence-corrected chi connectivity index (χ4v) is 3.16. The first-order valence-corrected chi connectivity index (χ1v) is 7.15. The number of H-pyrrole nitrogens is 1. The number of halogens is 1. The van der Waals surface area contributed by atoms with E-state index in [1.165, 1.54) is 11.1 Å². The van der Waals surface area contributed by atoms with Gasteiger partial charge in [-0.3, -0.25) is 5.10 Å². The molecular weight excluding hydrogens is 270 g/mol. The number of hydrogen-bond acceptors (Lipinski definition) is 2. The van der Waals surface area contributed by atoms with Crippen molar-refractivity contribution in [3.63, 3.8) is 0 Å². The van der Waals surface area contributed by atoms with E-state index in [4.69, 9.17) is 11.6 Å². The van der Waals surface area contributed by atoms with Crippen LogP contribution in [0, 0.1) is 0 Å². The maximum absolute atomic E-state index is 6.05. The molecule has 1 aliphatic rings. The number of benzene rings is 2. The van der Waals surface area contributed by atoms with Gasteiger partial charge in [-0.05, 0) is 54.3 Å². The lowest BCUT2D eigenvalue weighted by molar-refractivity contribution is 0.762. The summed E-state index contributed by atoms with van der Waals surface area (Å²) >= 11 is 6.05. The molecule has 4 rings (SSSR count). The molecule has 0 radical (unpaired) electrons. The minimum absolute atomic E-state index is 0.364. The molecule has 0 spiro atoms. The first-order valence-electron chi connectivity index (χ1n) is 6.77. The molecule has 1 aromatic heterocycles. The van der Waals surface area contributed by atoms with E-state index in [9.17, 15) is 0 Å². The standard InChI is InChI=1S/C16H14ClN3/c17-12-3-5-14-10(7-12)2-6-15(14)19-13-4-1-11-9-18-20-16(11)8-13/h1,3-5,7-9,15,19H,2,6H2,(H,18,20). The average molecular weight is 284 g/mol. The third-order valence-electron chi connectivity index (χ3n) is 3.97. The lowest BCUT2D eigenvalue weighted by atomic mass is 10.1. The molecule has 3 aromatic rings. The molecule has 1 atom stereocenters. The molecule has 2 N–H and O–H groups in total. The van der Waals surface area contributed by atoms with Crippen molar-refractivity contribution in [2.75, 3.05) is 5.32 Å². The highest BCUT2D eigenvalue weighted by Crippen LogP contribution is 2.35. The van der Waals surface area contributed by atoms with Gasteiger partial charge in [-0.2, -0.15) is 5.10 Å². The number of nitrogens with zero attached hydrogens (tertiary/aromatic N) is 1. The highest BCUT2D eigenvalue weighted by molar-refractivity contribution is 6.30. The molecule has 0 bridgehead atoms. The van der Waals surface area contributed by atoms with E-state index in [-0.39, 0.29) is 0 Å². The van der Waals surface area contributed by atoms with Crippen LogP contribution < -0.4 is 5.32 Å². The maximum atomic E-state index is 6.05. The van der Waals surface area contributed by atoms with Crippen LogP contribution >= 0.6 is 11.6 Å². The molecule has 0 amide bonds. The van der Waals surface area contributed by atoms with Gasteiger partial charge in [-0.15, -0.1) is 0 Å². The first-order chi connectivity index (χ1) is 9.79. The quantitative estimate of drug-likeness (QED) is 0.735. The molecule has 0 fully saturated rings. The summed E-state index contributed by atoms with van der Waals surface area (Å²) in [6.45, 7) is 0. The average Bonchev–Trinajstić information content (AvgIpc) is 3.05. The summed E-state index contributed by atoms with van der Waals surface area (Å²) in [5.41, 5.74) is 4.90. The monoisotopic (exact) mass is 283 g/mol. The van der Waals surface area contributed by atoms with Gasteiger partial charge in [0.15, 0.2) is 0 Å². The van der Waals surface area contributed by atoms with Gasteiger partial charge in [-0.25, -0.2) is 0 Å². The van der Waals surface area contributed by atoms with Gasteiger partial charge >= 0.3 is 0 Å². The summed E-state index contributed by atoms with van der Waals surface area (Å²) < 4.78 is 0. The third-order valence-corrected chi connectivity index (χ3v) is 4.20. The van der Waals surface area contributed by atoms with Crippen LogP contribution in [0.2, 0.25) is 5.02 Å². The van der Waals surface area contributed by atoms with Crippen molar-refractivity contribution in [1.29, 1.82) is 0 Å². The number of aromatic amines is 1. The molecule has 100 valence electrons. The van der Waals surface area contributed by atoms with Crippen molar-refractivity contribution in [2.24, 2.45) is 0 Å². The fourth-order valence-electron chi connectivity index (χ4n) is 2.96. The predicted octanol–water partition coefficient (Wildman–Crippen LogP) is 4.32. The van der Waals surface area contributed by atoms with Gasteiger partial charge in [0, 0.05) is 16.1 Å². The van der Waals surface area contributed by atoms with Crippen LogP contribution in [0.25, 0.3) is 10.9 Å².